The Kier molecular flexibility index (Phi) is 12.9. The van der Waals surface area contributed by atoms with Gasteiger partial charge in [0.2, 0.25) is 17.6 Å². The molecular formula is C41H51N9O5. The van der Waals surface area contributed by atoms with Crippen molar-refractivity contribution in [2.45, 2.75) is 82.8 Å². The molecule has 1 aromatic heterocycles. The predicted octanol–water partition coefficient (Wildman–Crippen LogP) is 5.18. The third-order valence-electron chi connectivity index (χ3n) is 11.1. The fourth-order valence-corrected chi connectivity index (χ4v) is 7.77. The molecule has 0 unspecified atom stereocenters. The van der Waals surface area contributed by atoms with E-state index in [2.05, 4.69) is 60.9 Å². The highest BCUT2D eigenvalue weighted by atomic mass is 16.4. The Morgan fingerprint density at radius 1 is 0.873 bits per heavy atom. The summed E-state index contributed by atoms with van der Waals surface area (Å²) in [5.41, 5.74) is 5.79. The molecule has 14 nitrogen and oxygen atoms in total. The molecule has 0 radical (unpaired) electrons. The van der Waals surface area contributed by atoms with Crippen molar-refractivity contribution in [3.8, 4) is 22.5 Å². The van der Waals surface area contributed by atoms with Gasteiger partial charge in [0.15, 0.2) is 0 Å². The minimum absolute atomic E-state index is 0.0455. The van der Waals surface area contributed by atoms with Crippen LogP contribution in [0.1, 0.15) is 72.9 Å². The number of benzene rings is 3. The van der Waals surface area contributed by atoms with Crippen molar-refractivity contribution in [1.29, 1.82) is 0 Å². The van der Waals surface area contributed by atoms with Gasteiger partial charge in [-0.25, -0.2) is 4.79 Å². The van der Waals surface area contributed by atoms with Gasteiger partial charge in [0, 0.05) is 47.8 Å². The van der Waals surface area contributed by atoms with Crippen LogP contribution in [0.4, 0.5) is 10.5 Å². The molecule has 55 heavy (non-hydrogen) atoms. The third kappa shape index (κ3) is 10.5. The minimum atomic E-state index is -1.05. The number of carbonyl (C=O) groups is 4. The molecular weight excluding hydrogens is 699 g/mol. The maximum atomic E-state index is 13.8. The summed E-state index contributed by atoms with van der Waals surface area (Å²) in [6.07, 6.45) is 6.04. The normalized spacial score (nSPS) is 20.3. The maximum Gasteiger partial charge on any atom is 0.404 e. The van der Waals surface area contributed by atoms with Crippen molar-refractivity contribution in [2.75, 3.05) is 26.0 Å². The van der Waals surface area contributed by atoms with Crippen molar-refractivity contribution in [3.63, 3.8) is 0 Å². The Hall–Kier alpha value is -5.63. The molecule has 6 N–H and O–H groups in total. The van der Waals surface area contributed by atoms with Gasteiger partial charge in [-0.1, -0.05) is 30.3 Å². The average molecular weight is 750 g/mol. The number of aromatic nitrogens is 4. The van der Waals surface area contributed by atoms with E-state index in [0.29, 0.717) is 42.5 Å². The number of nitrogens with zero attached hydrogens (tertiary/aromatic N) is 4. The predicted molar refractivity (Wildman–Crippen MR) is 209 cm³/mol. The van der Waals surface area contributed by atoms with E-state index in [4.69, 9.17) is 5.11 Å². The topological polar surface area (TPSA) is 194 Å². The molecule has 6 rings (SSSR count). The Morgan fingerprint density at radius 3 is 2.18 bits per heavy atom. The molecule has 4 amide bonds. The first kappa shape index (κ1) is 39.1. The van der Waals surface area contributed by atoms with Crippen molar-refractivity contribution in [2.24, 2.45) is 11.8 Å². The monoisotopic (exact) mass is 749 g/mol. The number of anilines is 1. The Balaban J connectivity index is 1.11. The van der Waals surface area contributed by atoms with Crippen LogP contribution in [0.5, 0.6) is 0 Å². The lowest BCUT2D eigenvalue weighted by molar-refractivity contribution is -0.130. The smallest absolute Gasteiger partial charge is 0.404 e. The van der Waals surface area contributed by atoms with E-state index in [1.54, 1.807) is 24.3 Å². The molecule has 0 spiro atoms. The summed E-state index contributed by atoms with van der Waals surface area (Å²) in [5, 5.41) is 34.6. The molecule has 1 heterocycles. The molecule has 2 fully saturated rings. The number of carboxylic acid groups (broad SMARTS) is 1. The van der Waals surface area contributed by atoms with Gasteiger partial charge in [-0.15, -0.1) is 10.2 Å². The standard InChI is InChI=1S/C41H51N9O5/c1-25-22-31(39(52)43-33-17-19-34(20-18-33)50(2)3)14-21-35(25)28-8-4-26(5-9-28)23-36(45-38(51)30-10-6-27(7-11-30)24-42-41(54)55)40(53)44-32-15-12-29(13-16-32)37-46-48-49-47-37/h4-5,8-9,12-16,21-22,27,30,33-34,36,42H,6-7,10-11,17-20,23-24H2,1-3H3,(H,43,52)(H,44,53)(H,45,51)(H,54,55)(H,46,47,48,49)/t27?,30?,33?,34?,36-/m0/s1. The Labute approximate surface area is 321 Å². The Bertz CT molecular complexity index is 1920. The molecule has 2 aliphatic rings. The first-order valence-electron chi connectivity index (χ1n) is 19.1. The van der Waals surface area contributed by atoms with Crippen molar-refractivity contribution >= 4 is 29.5 Å². The lowest BCUT2D eigenvalue weighted by Crippen LogP contribution is -2.48. The summed E-state index contributed by atoms with van der Waals surface area (Å²) in [4.78, 5) is 53.7. The van der Waals surface area contributed by atoms with Gasteiger partial charge < -0.3 is 31.3 Å². The summed E-state index contributed by atoms with van der Waals surface area (Å²) in [6.45, 7) is 2.37. The number of carbonyl (C=O) groups excluding carboxylic acids is 3. The summed E-state index contributed by atoms with van der Waals surface area (Å²) in [7, 11) is 4.22. The highest BCUT2D eigenvalue weighted by molar-refractivity contribution is 5.98. The minimum Gasteiger partial charge on any atom is -0.465 e. The van der Waals surface area contributed by atoms with Crippen molar-refractivity contribution in [3.05, 3.63) is 83.4 Å². The molecule has 0 bridgehead atoms. The number of hydrogen-bond acceptors (Lipinski definition) is 8. The van der Waals surface area contributed by atoms with Crippen molar-refractivity contribution in [1.82, 2.24) is 41.5 Å². The molecule has 14 heteroatoms. The number of nitrogens with one attached hydrogen (secondary N) is 5. The summed E-state index contributed by atoms with van der Waals surface area (Å²) in [5.74, 6) is -0.225. The average Bonchev–Trinajstić information content (AvgIpc) is 3.73. The molecule has 1 atom stereocenters. The van der Waals surface area contributed by atoms with Crippen LogP contribution in [-0.4, -0.2) is 93.2 Å². The Morgan fingerprint density at radius 2 is 1.56 bits per heavy atom. The van der Waals surface area contributed by atoms with Crippen LogP contribution in [0, 0.1) is 18.8 Å². The molecule has 2 aliphatic carbocycles. The number of aromatic amines is 1. The van der Waals surface area contributed by atoms with Gasteiger partial charge in [-0.3, -0.25) is 14.4 Å². The zero-order valence-electron chi connectivity index (χ0n) is 31.7. The van der Waals surface area contributed by atoms with Crippen LogP contribution in [0.25, 0.3) is 22.5 Å². The number of tetrazole rings is 1. The van der Waals surface area contributed by atoms with E-state index in [-0.39, 0.29) is 42.0 Å². The maximum absolute atomic E-state index is 13.8. The summed E-state index contributed by atoms with van der Waals surface area (Å²) in [6, 6.07) is 20.7. The van der Waals surface area contributed by atoms with Gasteiger partial charge in [0.1, 0.15) is 6.04 Å². The first-order chi connectivity index (χ1) is 26.5. The fraction of sp³-hybridized carbons (Fsp3) is 0.439. The van der Waals surface area contributed by atoms with Gasteiger partial charge in [-0.05, 0) is 142 Å². The third-order valence-corrected chi connectivity index (χ3v) is 11.1. The van der Waals surface area contributed by atoms with E-state index >= 15 is 0 Å². The number of H-pyrrole nitrogens is 1. The van der Waals surface area contributed by atoms with Crippen LogP contribution in [0.2, 0.25) is 0 Å². The molecule has 0 saturated heterocycles. The number of rotatable bonds is 13. The van der Waals surface area contributed by atoms with Gasteiger partial charge in [0.05, 0.1) is 0 Å². The van der Waals surface area contributed by atoms with Crippen molar-refractivity contribution < 1.29 is 24.3 Å². The molecule has 3 aromatic carbocycles. The highest BCUT2D eigenvalue weighted by Crippen LogP contribution is 2.30. The second-order valence-electron chi connectivity index (χ2n) is 15.1. The number of hydrogen-bond donors (Lipinski definition) is 6. The lowest BCUT2D eigenvalue weighted by Gasteiger charge is -2.33. The molecule has 4 aromatic rings. The van der Waals surface area contributed by atoms with Crippen LogP contribution in [0.3, 0.4) is 0 Å². The van der Waals surface area contributed by atoms with Gasteiger partial charge in [0.25, 0.3) is 5.91 Å². The van der Waals surface area contributed by atoms with Crippen LogP contribution in [0.15, 0.2) is 66.7 Å². The van der Waals surface area contributed by atoms with Crippen LogP contribution >= 0.6 is 0 Å². The summed E-state index contributed by atoms with van der Waals surface area (Å²) < 4.78 is 0. The van der Waals surface area contributed by atoms with E-state index in [1.807, 2.05) is 49.4 Å². The van der Waals surface area contributed by atoms with Gasteiger partial charge >= 0.3 is 6.09 Å². The molecule has 2 saturated carbocycles. The van der Waals surface area contributed by atoms with E-state index < -0.39 is 12.1 Å². The SMILES string of the molecule is Cc1cc(C(=O)NC2CCC(N(C)C)CC2)ccc1-c1ccc(C[C@H](NC(=O)C2CCC(CNC(=O)O)CC2)C(=O)Nc2ccc(-c3nn[nH]n3)cc2)cc1. The quantitative estimate of drug-likeness (QED) is 0.107. The van der Waals surface area contributed by atoms with Crippen LogP contribution < -0.4 is 21.3 Å². The van der Waals surface area contributed by atoms with E-state index in [0.717, 1.165) is 66.3 Å². The zero-order chi connectivity index (χ0) is 38.9. The number of aryl methyl sites for hydroxylation is 1. The largest absolute Gasteiger partial charge is 0.465 e. The van der Waals surface area contributed by atoms with Gasteiger partial charge in [-0.2, -0.15) is 5.21 Å². The zero-order valence-corrected chi connectivity index (χ0v) is 31.7. The fourth-order valence-electron chi connectivity index (χ4n) is 7.77. The molecule has 290 valence electrons. The first-order valence-corrected chi connectivity index (χ1v) is 19.1. The van der Waals surface area contributed by atoms with E-state index in [1.165, 1.54) is 0 Å². The van der Waals surface area contributed by atoms with E-state index in [9.17, 15) is 19.2 Å². The second-order valence-corrected chi connectivity index (χ2v) is 15.1. The summed E-state index contributed by atoms with van der Waals surface area (Å²) >= 11 is 0. The van der Waals surface area contributed by atoms with Crippen LogP contribution in [-0.2, 0) is 16.0 Å². The molecule has 0 aliphatic heterocycles. The highest BCUT2D eigenvalue weighted by Gasteiger charge is 2.30. The second kappa shape index (κ2) is 18.1. The lowest BCUT2D eigenvalue weighted by atomic mass is 9.81. The number of amides is 4.